The lowest BCUT2D eigenvalue weighted by molar-refractivity contribution is 0.0991. The van der Waals surface area contributed by atoms with Gasteiger partial charge in [-0.15, -0.1) is 12.4 Å². The van der Waals surface area contributed by atoms with Crippen molar-refractivity contribution in [3.63, 3.8) is 0 Å². The van der Waals surface area contributed by atoms with Crippen LogP contribution in [-0.2, 0) is 26.2 Å². The summed E-state index contributed by atoms with van der Waals surface area (Å²) in [5, 5.41) is 18.0. The fourth-order valence-corrected chi connectivity index (χ4v) is 7.45. The monoisotopic (exact) mass is 879 g/mol. The van der Waals surface area contributed by atoms with Crippen LogP contribution in [0.4, 0.5) is 11.9 Å². The standard InChI is InChI=1S/C43H49N13O6.ClH/c1-6-55-32(19-25(3)51-55)40(59)49-42-47-30-21-28(38(44)57)23-34(61-5)36(30)53(42)16-8-9-17-54-37-31(48-43(54)50-41(60)33-20-26(4)52-56(33)7-2)22-29(39(45)58)24-35(37)62-18-10-11-27-12-14-46-15-13-27;/h8-9,19-24,27,46H,6-7,12-18H2,1-5H3,(H2,44,57)(H2,45,58)(H,47,49,59)(H,48,50,60);1H. The molecule has 330 valence electrons. The minimum absolute atomic E-state index is 0. The predicted octanol–water partition coefficient (Wildman–Crippen LogP) is 4.21. The molecule has 1 aliphatic heterocycles. The molecule has 0 unspecified atom stereocenters. The van der Waals surface area contributed by atoms with E-state index >= 15 is 0 Å². The maximum Gasteiger partial charge on any atom is 0.276 e. The molecule has 0 radical (unpaired) electrons. The second-order valence-corrected chi connectivity index (χ2v) is 14.7. The average molecular weight is 880 g/mol. The van der Waals surface area contributed by atoms with Crippen LogP contribution in [0.2, 0.25) is 0 Å². The number of nitrogens with two attached hydrogens (primary N) is 2. The first-order valence-electron chi connectivity index (χ1n) is 20.3. The fourth-order valence-electron chi connectivity index (χ4n) is 7.45. The molecule has 0 spiro atoms. The van der Waals surface area contributed by atoms with Crippen LogP contribution in [0, 0.1) is 31.6 Å². The average Bonchev–Trinajstić information content (AvgIpc) is 4.03. The molecule has 0 saturated carbocycles. The third-order valence-electron chi connectivity index (χ3n) is 10.4. The lowest BCUT2D eigenvalue weighted by Crippen LogP contribution is -2.27. The van der Waals surface area contributed by atoms with E-state index in [2.05, 4.69) is 38.0 Å². The summed E-state index contributed by atoms with van der Waals surface area (Å²) >= 11 is 0. The first-order chi connectivity index (χ1) is 29.9. The minimum Gasteiger partial charge on any atom is -0.494 e. The number of hydrogen-bond donors (Lipinski definition) is 5. The number of nitrogens with zero attached hydrogens (tertiary/aromatic N) is 8. The van der Waals surface area contributed by atoms with Crippen LogP contribution in [-0.4, -0.2) is 89.1 Å². The largest absolute Gasteiger partial charge is 0.494 e. The number of aryl methyl sites for hydroxylation is 4. The van der Waals surface area contributed by atoms with Gasteiger partial charge in [0.1, 0.15) is 40.5 Å². The Morgan fingerprint density at radius 3 is 1.71 bits per heavy atom. The normalized spacial score (nSPS) is 12.8. The molecule has 0 atom stereocenters. The van der Waals surface area contributed by atoms with Crippen LogP contribution < -0.4 is 36.9 Å². The van der Waals surface area contributed by atoms with Gasteiger partial charge in [0.25, 0.3) is 11.8 Å². The molecule has 6 aromatic rings. The number of nitrogens with one attached hydrogen (secondary N) is 3. The van der Waals surface area contributed by atoms with Gasteiger partial charge in [0.15, 0.2) is 0 Å². The van der Waals surface area contributed by atoms with Gasteiger partial charge in [-0.05, 0) is 90.0 Å². The Morgan fingerprint density at radius 2 is 1.25 bits per heavy atom. The Bertz CT molecular complexity index is 2800. The number of anilines is 2. The van der Waals surface area contributed by atoms with Gasteiger partial charge in [-0.3, -0.25) is 39.2 Å². The summed E-state index contributed by atoms with van der Waals surface area (Å²) in [6, 6.07) is 9.53. The third kappa shape index (κ3) is 9.82. The summed E-state index contributed by atoms with van der Waals surface area (Å²) in [5.41, 5.74) is 15.5. The number of amides is 4. The molecule has 2 aromatic carbocycles. The highest BCUT2D eigenvalue weighted by molar-refractivity contribution is 6.05. The van der Waals surface area contributed by atoms with Crippen LogP contribution in [0.5, 0.6) is 11.5 Å². The van der Waals surface area contributed by atoms with Crippen molar-refractivity contribution >= 4 is 70.0 Å². The first kappa shape index (κ1) is 45.4. The summed E-state index contributed by atoms with van der Waals surface area (Å²) in [5.74, 6) is 5.43. The Hall–Kier alpha value is -7.17. The van der Waals surface area contributed by atoms with E-state index in [-0.39, 0.29) is 61.0 Å². The number of piperidine rings is 1. The molecule has 0 aliphatic carbocycles. The number of carbonyl (C=O) groups excluding carboxylic acids is 4. The van der Waals surface area contributed by atoms with E-state index in [1.165, 1.54) is 19.2 Å². The molecule has 0 bridgehead atoms. The number of allylic oxidation sites excluding steroid dienone is 2. The second-order valence-electron chi connectivity index (χ2n) is 14.7. The number of rotatable bonds is 15. The topological polar surface area (TPSA) is 246 Å². The third-order valence-corrected chi connectivity index (χ3v) is 10.4. The smallest absolute Gasteiger partial charge is 0.276 e. The number of ether oxygens (including phenoxy) is 2. The number of benzene rings is 2. The zero-order valence-electron chi connectivity index (χ0n) is 35.7. The van der Waals surface area contributed by atoms with E-state index in [0.29, 0.717) is 69.4 Å². The molecule has 1 saturated heterocycles. The molecule has 1 aliphatic rings. The van der Waals surface area contributed by atoms with E-state index in [1.54, 1.807) is 56.6 Å². The summed E-state index contributed by atoms with van der Waals surface area (Å²) < 4.78 is 18.6. The number of aromatic nitrogens is 8. The first-order valence-corrected chi connectivity index (χ1v) is 20.3. The molecule has 1 fully saturated rings. The number of primary amides is 2. The van der Waals surface area contributed by atoms with Crippen LogP contribution in [0.3, 0.4) is 0 Å². The van der Waals surface area contributed by atoms with Gasteiger partial charge >= 0.3 is 0 Å². The number of fused-ring (bicyclic) bond motifs is 2. The molecule has 7 rings (SSSR count). The van der Waals surface area contributed by atoms with Crippen molar-refractivity contribution in [1.29, 1.82) is 0 Å². The highest BCUT2D eigenvalue weighted by Crippen LogP contribution is 2.33. The van der Waals surface area contributed by atoms with Crippen molar-refractivity contribution in [2.45, 2.75) is 66.7 Å². The van der Waals surface area contributed by atoms with Crippen LogP contribution >= 0.6 is 12.4 Å². The second kappa shape index (κ2) is 19.7. The number of hydrogen-bond acceptors (Lipinski definition) is 11. The van der Waals surface area contributed by atoms with Crippen molar-refractivity contribution in [3.8, 4) is 23.3 Å². The quantitative estimate of drug-likeness (QED) is 0.0723. The van der Waals surface area contributed by atoms with Gasteiger partial charge in [-0.25, -0.2) is 9.97 Å². The molecule has 7 N–H and O–H groups in total. The van der Waals surface area contributed by atoms with Gasteiger partial charge in [0.05, 0.1) is 29.5 Å². The van der Waals surface area contributed by atoms with Gasteiger partial charge in [0.2, 0.25) is 23.7 Å². The maximum absolute atomic E-state index is 13.8. The van der Waals surface area contributed by atoms with Gasteiger partial charge < -0.3 is 35.4 Å². The Kier molecular flexibility index (Phi) is 14.2. The van der Waals surface area contributed by atoms with Gasteiger partial charge in [-0.1, -0.05) is 24.0 Å². The molecule has 20 heteroatoms. The number of carbonyl (C=O) groups is 4. The molecular formula is C43H50ClN13O6. The molecule has 19 nitrogen and oxygen atoms in total. The van der Waals surface area contributed by atoms with Gasteiger partial charge in [-0.2, -0.15) is 10.2 Å². The summed E-state index contributed by atoms with van der Waals surface area (Å²) in [6.45, 7) is 10.5. The lowest BCUT2D eigenvalue weighted by Gasteiger charge is -2.17. The van der Waals surface area contributed by atoms with Crippen molar-refractivity contribution in [1.82, 2.24) is 44.0 Å². The number of halogens is 1. The van der Waals surface area contributed by atoms with Crippen molar-refractivity contribution < 1.29 is 28.7 Å². The van der Waals surface area contributed by atoms with Crippen molar-refractivity contribution in [2.75, 3.05) is 37.4 Å². The Morgan fingerprint density at radius 1 is 0.778 bits per heavy atom. The number of methoxy groups -OCH3 is 1. The zero-order valence-corrected chi connectivity index (χ0v) is 36.5. The summed E-state index contributed by atoms with van der Waals surface area (Å²) in [6.07, 6.45) is 5.58. The van der Waals surface area contributed by atoms with Crippen LogP contribution in [0.15, 0.2) is 48.6 Å². The van der Waals surface area contributed by atoms with E-state index < -0.39 is 23.6 Å². The zero-order chi connectivity index (χ0) is 44.1. The van der Waals surface area contributed by atoms with E-state index in [1.807, 2.05) is 26.0 Å². The maximum atomic E-state index is 13.8. The highest BCUT2D eigenvalue weighted by Gasteiger charge is 2.24. The fraction of sp³-hybridized carbons (Fsp3) is 0.349. The van der Waals surface area contributed by atoms with Crippen LogP contribution in [0.25, 0.3) is 22.1 Å². The van der Waals surface area contributed by atoms with E-state index in [4.69, 9.17) is 30.9 Å². The molecule has 63 heavy (non-hydrogen) atoms. The SMILES string of the molecule is CCn1nc(C)cc1C(=O)Nc1nc2cc(C(N)=O)cc(OC)c2n1CC=CCn1c(NC(=O)c2cc(C)nn2CC)nc2cc(C(N)=O)cc(OCC#CC3CCNCC3)c21.Cl. The van der Waals surface area contributed by atoms with Crippen LogP contribution in [0.1, 0.15) is 79.8 Å². The summed E-state index contributed by atoms with van der Waals surface area (Å²) in [7, 11) is 1.46. The number of imidazole rings is 2. The van der Waals surface area contributed by atoms with Crippen molar-refractivity contribution in [2.24, 2.45) is 17.4 Å². The van der Waals surface area contributed by atoms with E-state index in [9.17, 15) is 19.2 Å². The van der Waals surface area contributed by atoms with E-state index in [0.717, 1.165) is 25.9 Å². The highest BCUT2D eigenvalue weighted by atomic mass is 35.5. The lowest BCUT2D eigenvalue weighted by atomic mass is 9.99. The summed E-state index contributed by atoms with van der Waals surface area (Å²) in [4.78, 5) is 61.7. The molecule has 5 heterocycles. The van der Waals surface area contributed by atoms with Crippen molar-refractivity contribution in [3.05, 3.63) is 82.5 Å². The Labute approximate surface area is 369 Å². The predicted molar refractivity (Wildman–Crippen MR) is 239 cm³/mol. The minimum atomic E-state index is -0.678. The Balaban J connectivity index is 0.00000661. The van der Waals surface area contributed by atoms with Gasteiger partial charge in [0, 0.05) is 43.2 Å². The molecule has 4 amide bonds. The molecule has 4 aromatic heterocycles. The molecular weight excluding hydrogens is 830 g/mol.